The number of carboxylic acid groups (broad SMARTS) is 1. The lowest BCUT2D eigenvalue weighted by molar-refractivity contribution is 0.155. The lowest BCUT2D eigenvalue weighted by atomic mass is 10.0. The fraction of sp³-hybridized carbons (Fsp3) is 0.267. The molecule has 1 aromatic carbocycles. The Bertz CT molecular complexity index is 892. The van der Waals surface area contributed by atoms with Crippen LogP contribution in [0.25, 0.3) is 22.1 Å². The summed E-state index contributed by atoms with van der Waals surface area (Å²) in [4.78, 5) is 21.1. The maximum absolute atomic E-state index is 11.1. The molecule has 1 atom stereocenters. The topological polar surface area (TPSA) is 79.5 Å². The standard InChI is InChI=1S/C15H12ClN3O3/c16-9-1-2-11-10(5-9)13-14(22-11)12(17-7-18-13)8-3-4-19(6-8)15(20)21/h1-2,5,7-8H,3-4,6H2,(H,20,21). The van der Waals surface area contributed by atoms with Crippen molar-refractivity contribution >= 4 is 39.8 Å². The van der Waals surface area contributed by atoms with Gasteiger partial charge >= 0.3 is 6.09 Å². The van der Waals surface area contributed by atoms with Crippen molar-refractivity contribution < 1.29 is 14.3 Å². The Kier molecular flexibility index (Phi) is 2.94. The largest absolute Gasteiger partial charge is 0.465 e. The highest BCUT2D eigenvalue weighted by molar-refractivity contribution is 6.31. The van der Waals surface area contributed by atoms with Crippen molar-refractivity contribution in [3.05, 3.63) is 35.2 Å². The highest BCUT2D eigenvalue weighted by Gasteiger charge is 2.30. The Hall–Kier alpha value is -2.34. The van der Waals surface area contributed by atoms with Crippen LogP contribution in [0, 0.1) is 0 Å². The first-order valence-electron chi connectivity index (χ1n) is 6.94. The van der Waals surface area contributed by atoms with Crippen molar-refractivity contribution in [3.63, 3.8) is 0 Å². The van der Waals surface area contributed by atoms with Crippen LogP contribution in [0.1, 0.15) is 18.0 Å². The van der Waals surface area contributed by atoms with E-state index in [1.54, 1.807) is 12.1 Å². The van der Waals surface area contributed by atoms with Crippen LogP contribution in [0.5, 0.6) is 0 Å². The number of amides is 1. The molecule has 0 aliphatic carbocycles. The summed E-state index contributed by atoms with van der Waals surface area (Å²) < 4.78 is 5.90. The lowest BCUT2D eigenvalue weighted by Gasteiger charge is -2.11. The molecule has 4 rings (SSSR count). The highest BCUT2D eigenvalue weighted by Crippen LogP contribution is 2.35. The minimum Gasteiger partial charge on any atom is -0.465 e. The lowest BCUT2D eigenvalue weighted by Crippen LogP contribution is -2.26. The summed E-state index contributed by atoms with van der Waals surface area (Å²) >= 11 is 6.04. The van der Waals surface area contributed by atoms with Gasteiger partial charge in [0.1, 0.15) is 17.4 Å². The molecule has 0 radical (unpaired) electrons. The predicted molar refractivity (Wildman–Crippen MR) is 81.3 cm³/mol. The monoisotopic (exact) mass is 317 g/mol. The van der Waals surface area contributed by atoms with Gasteiger partial charge in [0.25, 0.3) is 0 Å². The summed E-state index contributed by atoms with van der Waals surface area (Å²) in [5, 5.41) is 10.6. The molecule has 2 aromatic heterocycles. The molecule has 0 spiro atoms. The van der Waals surface area contributed by atoms with Gasteiger partial charge in [-0.15, -0.1) is 0 Å². The molecule has 0 bridgehead atoms. The van der Waals surface area contributed by atoms with E-state index in [2.05, 4.69) is 9.97 Å². The van der Waals surface area contributed by atoms with Gasteiger partial charge in [0.2, 0.25) is 0 Å². The van der Waals surface area contributed by atoms with E-state index in [1.807, 2.05) is 6.07 Å². The van der Waals surface area contributed by atoms with Crippen molar-refractivity contribution in [1.29, 1.82) is 0 Å². The number of furan rings is 1. The number of hydrogen-bond donors (Lipinski definition) is 1. The SMILES string of the molecule is O=C(O)N1CCC(c2ncnc3c2oc2ccc(Cl)cc23)C1. The van der Waals surface area contributed by atoms with Crippen LogP contribution in [0.3, 0.4) is 0 Å². The minimum atomic E-state index is -0.899. The summed E-state index contributed by atoms with van der Waals surface area (Å²) in [6, 6.07) is 5.39. The fourth-order valence-electron chi connectivity index (χ4n) is 3.01. The summed E-state index contributed by atoms with van der Waals surface area (Å²) in [5.41, 5.74) is 2.81. The van der Waals surface area contributed by atoms with Crippen molar-refractivity contribution in [3.8, 4) is 0 Å². The smallest absolute Gasteiger partial charge is 0.407 e. The van der Waals surface area contributed by atoms with Crippen LogP contribution in [-0.4, -0.2) is 39.2 Å². The third-order valence-electron chi connectivity index (χ3n) is 4.09. The number of carbonyl (C=O) groups is 1. The van der Waals surface area contributed by atoms with Gasteiger partial charge in [-0.05, 0) is 24.6 Å². The second-order valence-corrected chi connectivity index (χ2v) is 5.83. The quantitative estimate of drug-likeness (QED) is 0.743. The molecule has 1 saturated heterocycles. The Balaban J connectivity index is 1.85. The molecule has 3 aromatic rings. The zero-order valence-corrected chi connectivity index (χ0v) is 12.2. The Labute approximate surface area is 130 Å². The van der Waals surface area contributed by atoms with Gasteiger partial charge < -0.3 is 14.4 Å². The third kappa shape index (κ3) is 1.99. The molecule has 1 N–H and O–H groups in total. The van der Waals surface area contributed by atoms with E-state index in [-0.39, 0.29) is 5.92 Å². The number of benzene rings is 1. The highest BCUT2D eigenvalue weighted by atomic mass is 35.5. The first-order valence-corrected chi connectivity index (χ1v) is 7.32. The third-order valence-corrected chi connectivity index (χ3v) is 4.32. The van der Waals surface area contributed by atoms with Gasteiger partial charge in [0.15, 0.2) is 5.58 Å². The van der Waals surface area contributed by atoms with E-state index >= 15 is 0 Å². The summed E-state index contributed by atoms with van der Waals surface area (Å²) in [6.07, 6.45) is 1.33. The predicted octanol–water partition coefficient (Wildman–Crippen LogP) is 3.50. The minimum absolute atomic E-state index is 0.0256. The number of halogens is 1. The number of hydrogen-bond acceptors (Lipinski definition) is 4. The first-order chi connectivity index (χ1) is 10.6. The summed E-state index contributed by atoms with van der Waals surface area (Å²) in [5.74, 6) is 0.0256. The van der Waals surface area contributed by atoms with E-state index in [9.17, 15) is 4.79 Å². The molecule has 1 aliphatic rings. The van der Waals surface area contributed by atoms with E-state index in [0.29, 0.717) is 29.3 Å². The Morgan fingerprint density at radius 1 is 1.41 bits per heavy atom. The van der Waals surface area contributed by atoms with Gasteiger partial charge in [0, 0.05) is 29.4 Å². The van der Waals surface area contributed by atoms with Crippen LogP contribution in [0.2, 0.25) is 5.02 Å². The first kappa shape index (κ1) is 13.3. The number of likely N-dealkylation sites (tertiary alicyclic amines) is 1. The molecule has 1 fully saturated rings. The van der Waals surface area contributed by atoms with Crippen molar-refractivity contribution in [2.45, 2.75) is 12.3 Å². The van der Waals surface area contributed by atoms with Crippen LogP contribution in [-0.2, 0) is 0 Å². The van der Waals surface area contributed by atoms with Crippen molar-refractivity contribution in [1.82, 2.24) is 14.9 Å². The normalized spacial score (nSPS) is 18.4. The number of nitrogens with zero attached hydrogens (tertiary/aromatic N) is 3. The Morgan fingerprint density at radius 3 is 3.05 bits per heavy atom. The van der Waals surface area contributed by atoms with Crippen LogP contribution >= 0.6 is 11.6 Å². The molecular formula is C15H12ClN3O3. The fourth-order valence-corrected chi connectivity index (χ4v) is 3.19. The van der Waals surface area contributed by atoms with Crippen LogP contribution in [0.4, 0.5) is 4.79 Å². The summed E-state index contributed by atoms with van der Waals surface area (Å²) in [6.45, 7) is 0.941. The molecule has 0 saturated carbocycles. The Morgan fingerprint density at radius 2 is 2.27 bits per heavy atom. The van der Waals surface area contributed by atoms with E-state index < -0.39 is 6.09 Å². The molecule has 1 aliphatic heterocycles. The van der Waals surface area contributed by atoms with E-state index in [1.165, 1.54) is 11.2 Å². The number of fused-ring (bicyclic) bond motifs is 3. The average molecular weight is 318 g/mol. The van der Waals surface area contributed by atoms with Gasteiger partial charge in [0.05, 0.1) is 5.69 Å². The van der Waals surface area contributed by atoms with E-state index in [0.717, 1.165) is 23.0 Å². The van der Waals surface area contributed by atoms with Crippen molar-refractivity contribution in [2.24, 2.45) is 0 Å². The van der Waals surface area contributed by atoms with Gasteiger partial charge in [-0.25, -0.2) is 14.8 Å². The van der Waals surface area contributed by atoms with Crippen molar-refractivity contribution in [2.75, 3.05) is 13.1 Å². The summed E-state index contributed by atoms with van der Waals surface area (Å²) in [7, 11) is 0. The molecule has 3 heterocycles. The second kappa shape index (κ2) is 4.84. The molecular weight excluding hydrogens is 306 g/mol. The van der Waals surface area contributed by atoms with Gasteiger partial charge in [-0.2, -0.15) is 0 Å². The van der Waals surface area contributed by atoms with Crippen LogP contribution < -0.4 is 0 Å². The molecule has 1 unspecified atom stereocenters. The maximum atomic E-state index is 11.1. The molecule has 112 valence electrons. The van der Waals surface area contributed by atoms with Crippen LogP contribution in [0.15, 0.2) is 28.9 Å². The number of aromatic nitrogens is 2. The zero-order chi connectivity index (χ0) is 15.3. The molecule has 1 amide bonds. The van der Waals surface area contributed by atoms with Gasteiger partial charge in [-0.3, -0.25) is 0 Å². The number of rotatable bonds is 1. The average Bonchev–Trinajstić information content (AvgIpc) is 3.11. The molecule has 6 nitrogen and oxygen atoms in total. The van der Waals surface area contributed by atoms with E-state index in [4.69, 9.17) is 21.1 Å². The molecule has 22 heavy (non-hydrogen) atoms. The zero-order valence-electron chi connectivity index (χ0n) is 11.5. The van der Waals surface area contributed by atoms with Gasteiger partial charge in [-0.1, -0.05) is 11.6 Å². The second-order valence-electron chi connectivity index (χ2n) is 5.39. The maximum Gasteiger partial charge on any atom is 0.407 e. The molecule has 7 heteroatoms.